The van der Waals surface area contributed by atoms with Crippen molar-refractivity contribution in [1.29, 1.82) is 0 Å². The van der Waals surface area contributed by atoms with E-state index >= 15 is 0 Å². The molecule has 7 nitrogen and oxygen atoms in total. The van der Waals surface area contributed by atoms with Gasteiger partial charge in [0.25, 0.3) is 5.69 Å². The van der Waals surface area contributed by atoms with E-state index in [1.165, 1.54) is 12.1 Å². The molecule has 1 aliphatic heterocycles. The van der Waals surface area contributed by atoms with Crippen LogP contribution in [-0.2, 0) is 4.74 Å². The average molecular weight is 384 g/mol. The van der Waals surface area contributed by atoms with Crippen molar-refractivity contribution < 1.29 is 19.2 Å². The predicted molar refractivity (Wildman–Crippen MR) is 106 cm³/mol. The highest BCUT2D eigenvalue weighted by Crippen LogP contribution is 2.30. The maximum atomic E-state index is 13.2. The van der Waals surface area contributed by atoms with Crippen LogP contribution in [0.4, 0.5) is 11.4 Å². The molecule has 3 rings (SSSR count). The van der Waals surface area contributed by atoms with Crippen LogP contribution in [0.1, 0.15) is 36.7 Å². The Hall–Kier alpha value is -2.93. The summed E-state index contributed by atoms with van der Waals surface area (Å²) in [6.45, 7) is 7.61. The Labute approximate surface area is 164 Å². The van der Waals surface area contributed by atoms with Crippen LogP contribution in [0.25, 0.3) is 0 Å². The summed E-state index contributed by atoms with van der Waals surface area (Å²) in [7, 11) is 0. The topological polar surface area (TPSA) is 81.9 Å². The molecule has 0 N–H and O–H groups in total. The molecule has 28 heavy (non-hydrogen) atoms. The van der Waals surface area contributed by atoms with E-state index in [0.29, 0.717) is 42.3 Å². The minimum absolute atomic E-state index is 0.00682. The van der Waals surface area contributed by atoms with Gasteiger partial charge in [-0.05, 0) is 51.1 Å². The summed E-state index contributed by atoms with van der Waals surface area (Å²) in [5, 5.41) is 11.3. The third-order valence-corrected chi connectivity index (χ3v) is 4.62. The number of rotatable bonds is 6. The molecule has 0 saturated carbocycles. The number of morpholine rings is 1. The minimum Gasteiger partial charge on any atom is -0.494 e. The first-order chi connectivity index (χ1) is 13.4. The highest BCUT2D eigenvalue weighted by atomic mass is 16.6. The number of nitro benzene ring substituents is 1. The summed E-state index contributed by atoms with van der Waals surface area (Å²) in [6.07, 6.45) is 0.0136. The Kier molecular flexibility index (Phi) is 5.94. The molecule has 7 heteroatoms. The Morgan fingerprint density at radius 3 is 2.39 bits per heavy atom. The van der Waals surface area contributed by atoms with E-state index in [-0.39, 0.29) is 23.7 Å². The molecule has 1 fully saturated rings. The number of carbonyl (C=O) groups is 1. The van der Waals surface area contributed by atoms with Gasteiger partial charge in [-0.1, -0.05) is 0 Å². The third-order valence-electron chi connectivity index (χ3n) is 4.62. The summed E-state index contributed by atoms with van der Waals surface area (Å²) in [5.41, 5.74) is 1.36. The van der Waals surface area contributed by atoms with E-state index in [1.807, 2.05) is 20.8 Å². The number of benzene rings is 2. The number of nitro groups is 1. The normalized spacial score (nSPS) is 19.3. The van der Waals surface area contributed by atoms with E-state index in [9.17, 15) is 14.9 Å². The first-order valence-electron chi connectivity index (χ1n) is 9.35. The highest BCUT2D eigenvalue weighted by Gasteiger charge is 2.27. The summed E-state index contributed by atoms with van der Waals surface area (Å²) < 4.78 is 11.2. The minimum atomic E-state index is -0.483. The molecule has 0 bridgehead atoms. The van der Waals surface area contributed by atoms with Crippen molar-refractivity contribution in [3.63, 3.8) is 0 Å². The predicted octanol–water partition coefficient (Wildman–Crippen LogP) is 3.84. The van der Waals surface area contributed by atoms with Crippen LogP contribution in [0.3, 0.4) is 0 Å². The zero-order valence-corrected chi connectivity index (χ0v) is 16.3. The van der Waals surface area contributed by atoms with E-state index in [0.717, 1.165) is 0 Å². The molecule has 1 saturated heterocycles. The van der Waals surface area contributed by atoms with Gasteiger partial charge in [0.15, 0.2) is 5.78 Å². The Morgan fingerprint density at radius 1 is 1.18 bits per heavy atom. The lowest BCUT2D eigenvalue weighted by atomic mass is 9.99. The number of hydrogen-bond donors (Lipinski definition) is 0. The van der Waals surface area contributed by atoms with Crippen molar-refractivity contribution in [2.75, 3.05) is 24.6 Å². The molecule has 148 valence electrons. The van der Waals surface area contributed by atoms with Gasteiger partial charge in [0, 0.05) is 36.5 Å². The molecule has 1 aliphatic rings. The van der Waals surface area contributed by atoms with Gasteiger partial charge in [-0.15, -0.1) is 0 Å². The lowest BCUT2D eigenvalue weighted by molar-refractivity contribution is -0.384. The van der Waals surface area contributed by atoms with Crippen molar-refractivity contribution in [1.82, 2.24) is 0 Å². The van der Waals surface area contributed by atoms with Crippen molar-refractivity contribution in [2.45, 2.75) is 33.0 Å². The largest absolute Gasteiger partial charge is 0.494 e. The Bertz CT molecular complexity index is 856. The van der Waals surface area contributed by atoms with Crippen molar-refractivity contribution in [3.05, 3.63) is 63.7 Å². The maximum Gasteiger partial charge on any atom is 0.270 e. The van der Waals surface area contributed by atoms with E-state index in [2.05, 4.69) is 4.90 Å². The van der Waals surface area contributed by atoms with Gasteiger partial charge >= 0.3 is 0 Å². The first-order valence-corrected chi connectivity index (χ1v) is 9.35. The second kappa shape index (κ2) is 8.39. The molecule has 1 heterocycles. The molecule has 0 aliphatic carbocycles. The molecule has 0 aromatic heterocycles. The number of nitrogens with zero attached hydrogens (tertiary/aromatic N) is 2. The number of carbonyl (C=O) groups excluding carboxylic acids is 1. The van der Waals surface area contributed by atoms with Crippen LogP contribution in [0, 0.1) is 10.1 Å². The molecular weight excluding hydrogens is 360 g/mol. The number of anilines is 1. The molecular formula is C21H24N2O5. The molecule has 2 aromatic rings. The first kappa shape index (κ1) is 19.8. The highest BCUT2D eigenvalue weighted by molar-refractivity contribution is 6.12. The number of ether oxygens (including phenoxy) is 2. The zero-order chi connectivity index (χ0) is 20.3. The average Bonchev–Trinajstić information content (AvgIpc) is 2.67. The quantitative estimate of drug-likeness (QED) is 0.428. The summed E-state index contributed by atoms with van der Waals surface area (Å²) in [6, 6.07) is 11.3. The van der Waals surface area contributed by atoms with Crippen LogP contribution < -0.4 is 9.64 Å². The lowest BCUT2D eigenvalue weighted by Crippen LogP contribution is -2.46. The number of hydrogen-bond acceptors (Lipinski definition) is 6. The SMILES string of the molecule is CCOc1ccc(C(=O)c2cc([N+](=O)[O-])ccc2N2CC(C)OC(C)C2)cc1. The number of ketones is 1. The van der Waals surface area contributed by atoms with Crippen LogP contribution in [-0.4, -0.2) is 42.6 Å². The van der Waals surface area contributed by atoms with Crippen molar-refractivity contribution >= 4 is 17.2 Å². The second-order valence-electron chi connectivity index (χ2n) is 6.91. The van der Waals surface area contributed by atoms with E-state index in [1.54, 1.807) is 30.3 Å². The van der Waals surface area contributed by atoms with Gasteiger partial charge < -0.3 is 14.4 Å². The zero-order valence-electron chi connectivity index (χ0n) is 16.3. The van der Waals surface area contributed by atoms with Gasteiger partial charge in [-0.25, -0.2) is 0 Å². The monoisotopic (exact) mass is 384 g/mol. The smallest absolute Gasteiger partial charge is 0.270 e. The van der Waals surface area contributed by atoms with Gasteiger partial charge in [0.2, 0.25) is 0 Å². The second-order valence-corrected chi connectivity index (χ2v) is 6.91. The Morgan fingerprint density at radius 2 is 1.82 bits per heavy atom. The van der Waals surface area contributed by atoms with Crippen LogP contribution in [0.5, 0.6) is 5.75 Å². The van der Waals surface area contributed by atoms with E-state index in [4.69, 9.17) is 9.47 Å². The molecule has 0 spiro atoms. The lowest BCUT2D eigenvalue weighted by Gasteiger charge is -2.37. The van der Waals surface area contributed by atoms with Gasteiger partial charge in [0.1, 0.15) is 5.75 Å². The fourth-order valence-corrected chi connectivity index (χ4v) is 3.49. The maximum absolute atomic E-state index is 13.2. The van der Waals surface area contributed by atoms with Gasteiger partial charge in [0.05, 0.1) is 29.3 Å². The summed E-state index contributed by atoms with van der Waals surface area (Å²) in [4.78, 5) is 26.0. The fourth-order valence-electron chi connectivity index (χ4n) is 3.49. The molecule has 2 unspecified atom stereocenters. The Balaban J connectivity index is 2.00. The fraction of sp³-hybridized carbons (Fsp3) is 0.381. The van der Waals surface area contributed by atoms with Crippen molar-refractivity contribution in [2.24, 2.45) is 0 Å². The van der Waals surface area contributed by atoms with Crippen molar-refractivity contribution in [3.8, 4) is 5.75 Å². The molecule has 0 radical (unpaired) electrons. The van der Waals surface area contributed by atoms with Gasteiger partial charge in [-0.3, -0.25) is 14.9 Å². The summed E-state index contributed by atoms with van der Waals surface area (Å²) in [5.74, 6) is 0.419. The molecule has 2 aromatic carbocycles. The third kappa shape index (κ3) is 4.31. The molecule has 0 amide bonds. The number of non-ortho nitro benzene ring substituents is 1. The summed E-state index contributed by atoms with van der Waals surface area (Å²) >= 11 is 0. The van der Waals surface area contributed by atoms with Crippen LogP contribution >= 0.6 is 0 Å². The van der Waals surface area contributed by atoms with Crippen LogP contribution in [0.2, 0.25) is 0 Å². The molecule has 2 atom stereocenters. The van der Waals surface area contributed by atoms with E-state index < -0.39 is 4.92 Å². The van der Waals surface area contributed by atoms with Crippen LogP contribution in [0.15, 0.2) is 42.5 Å². The van der Waals surface area contributed by atoms with Gasteiger partial charge in [-0.2, -0.15) is 0 Å². The standard InChI is InChI=1S/C21H24N2O5/c1-4-27-18-8-5-16(6-9-18)21(24)19-11-17(23(25)26)7-10-20(19)22-12-14(2)28-15(3)13-22/h5-11,14-15H,4,12-13H2,1-3H3.